The van der Waals surface area contributed by atoms with Crippen molar-refractivity contribution < 1.29 is 9.90 Å². The number of anilines is 1. The van der Waals surface area contributed by atoms with E-state index in [4.69, 9.17) is 28.3 Å². The molecule has 138 valence electrons. The van der Waals surface area contributed by atoms with Crippen LogP contribution in [0.4, 0.5) is 5.69 Å². The van der Waals surface area contributed by atoms with Crippen LogP contribution in [-0.2, 0) is 0 Å². The summed E-state index contributed by atoms with van der Waals surface area (Å²) in [6.07, 6.45) is 0. The highest BCUT2D eigenvalue weighted by Gasteiger charge is 2.26. The first-order valence-electron chi connectivity index (χ1n) is 8.51. The highest BCUT2D eigenvalue weighted by Crippen LogP contribution is 2.34. The number of piperazine rings is 1. The molecule has 26 heavy (non-hydrogen) atoms. The van der Waals surface area contributed by atoms with Gasteiger partial charge < -0.3 is 20.6 Å². The molecule has 0 saturated carbocycles. The Morgan fingerprint density at radius 3 is 2.69 bits per heavy atom. The van der Waals surface area contributed by atoms with Crippen LogP contribution in [0.25, 0.3) is 0 Å². The Morgan fingerprint density at radius 2 is 2.00 bits per heavy atom. The van der Waals surface area contributed by atoms with Gasteiger partial charge in [-0.2, -0.15) is 0 Å². The van der Waals surface area contributed by atoms with Crippen molar-refractivity contribution in [1.29, 1.82) is 0 Å². The van der Waals surface area contributed by atoms with Crippen LogP contribution in [0.1, 0.15) is 22.0 Å². The summed E-state index contributed by atoms with van der Waals surface area (Å²) in [5.41, 5.74) is 2.53. The molecule has 0 aromatic heterocycles. The molecule has 2 aromatic carbocycles. The van der Waals surface area contributed by atoms with Gasteiger partial charge >= 0.3 is 0 Å². The Hall–Kier alpha value is -1.79. The minimum Gasteiger partial charge on any atom is -0.395 e. The lowest BCUT2D eigenvalue weighted by molar-refractivity contribution is 0.0945. The van der Waals surface area contributed by atoms with E-state index in [1.54, 1.807) is 12.1 Å². The van der Waals surface area contributed by atoms with Gasteiger partial charge in [-0.15, -0.1) is 0 Å². The van der Waals surface area contributed by atoms with E-state index in [2.05, 4.69) is 15.5 Å². The number of halogens is 2. The van der Waals surface area contributed by atoms with Crippen LogP contribution < -0.4 is 15.5 Å². The molecule has 1 amide bonds. The number of carbonyl (C=O) groups excluding carboxylic acids is 1. The van der Waals surface area contributed by atoms with Crippen molar-refractivity contribution in [3.8, 4) is 0 Å². The largest absolute Gasteiger partial charge is 0.395 e. The minimum atomic E-state index is -0.248. The molecule has 0 aliphatic carbocycles. The van der Waals surface area contributed by atoms with Crippen LogP contribution in [0, 0.1) is 0 Å². The zero-order valence-electron chi connectivity index (χ0n) is 14.2. The van der Waals surface area contributed by atoms with Crippen molar-refractivity contribution in [2.24, 2.45) is 0 Å². The van der Waals surface area contributed by atoms with Crippen LogP contribution >= 0.6 is 23.2 Å². The first kappa shape index (κ1) is 19.0. The quantitative estimate of drug-likeness (QED) is 0.730. The van der Waals surface area contributed by atoms with Crippen molar-refractivity contribution in [3.05, 3.63) is 63.6 Å². The second-order valence-corrected chi connectivity index (χ2v) is 6.95. The maximum absolute atomic E-state index is 12.0. The topological polar surface area (TPSA) is 64.6 Å². The summed E-state index contributed by atoms with van der Waals surface area (Å²) in [7, 11) is 0. The van der Waals surface area contributed by atoms with Crippen LogP contribution in [0.2, 0.25) is 10.0 Å². The van der Waals surface area contributed by atoms with Gasteiger partial charge in [0.05, 0.1) is 23.4 Å². The minimum absolute atomic E-state index is 0.0961. The average Bonchev–Trinajstić information content (AvgIpc) is 2.67. The van der Waals surface area contributed by atoms with Gasteiger partial charge in [0.15, 0.2) is 0 Å². The average molecular weight is 394 g/mol. The Balaban J connectivity index is 1.85. The molecule has 1 aliphatic rings. The number of nitrogens with zero attached hydrogens (tertiary/aromatic N) is 1. The Kier molecular flexibility index (Phi) is 6.38. The van der Waals surface area contributed by atoms with Crippen LogP contribution in [-0.4, -0.2) is 43.8 Å². The molecule has 0 spiro atoms. The fourth-order valence-electron chi connectivity index (χ4n) is 3.13. The van der Waals surface area contributed by atoms with Gasteiger partial charge in [0.25, 0.3) is 5.91 Å². The van der Waals surface area contributed by atoms with E-state index in [1.807, 2.05) is 30.3 Å². The fourth-order valence-corrected chi connectivity index (χ4v) is 3.54. The van der Waals surface area contributed by atoms with Gasteiger partial charge in [-0.3, -0.25) is 4.79 Å². The molecule has 1 heterocycles. The normalized spacial score (nSPS) is 17.2. The first-order valence-corrected chi connectivity index (χ1v) is 9.27. The number of hydrogen-bond acceptors (Lipinski definition) is 4. The number of rotatable bonds is 5. The summed E-state index contributed by atoms with van der Waals surface area (Å²) in [4.78, 5) is 14.3. The van der Waals surface area contributed by atoms with E-state index in [0.29, 0.717) is 15.6 Å². The number of aliphatic hydroxyl groups excluding tert-OH is 1. The summed E-state index contributed by atoms with van der Waals surface area (Å²) in [5.74, 6) is -0.248. The molecule has 2 aromatic rings. The lowest BCUT2D eigenvalue weighted by atomic mass is 10.0. The summed E-state index contributed by atoms with van der Waals surface area (Å²) >= 11 is 12.5. The molecule has 1 fully saturated rings. The molecule has 3 N–H and O–H groups in total. The highest BCUT2D eigenvalue weighted by molar-refractivity contribution is 6.33. The van der Waals surface area contributed by atoms with Crippen molar-refractivity contribution >= 4 is 34.8 Å². The number of nitrogens with one attached hydrogen (secondary N) is 2. The van der Waals surface area contributed by atoms with Crippen molar-refractivity contribution in [3.63, 3.8) is 0 Å². The smallest absolute Gasteiger partial charge is 0.251 e. The lowest BCUT2D eigenvalue weighted by Gasteiger charge is -2.39. The molecule has 7 heteroatoms. The van der Waals surface area contributed by atoms with Gasteiger partial charge in [0.1, 0.15) is 0 Å². The highest BCUT2D eigenvalue weighted by atomic mass is 35.5. The molecule has 5 nitrogen and oxygen atoms in total. The summed E-state index contributed by atoms with van der Waals surface area (Å²) in [6, 6.07) is 13.3. The van der Waals surface area contributed by atoms with Crippen LogP contribution in [0.5, 0.6) is 0 Å². The SMILES string of the molecule is O=C(NCCO)c1ccc(N2CCNCC2c2ccc(Cl)cc2)c(Cl)c1. The predicted molar refractivity (Wildman–Crippen MR) is 105 cm³/mol. The maximum Gasteiger partial charge on any atom is 0.251 e. The van der Waals surface area contributed by atoms with E-state index >= 15 is 0 Å². The number of hydrogen-bond donors (Lipinski definition) is 3. The van der Waals surface area contributed by atoms with Crippen LogP contribution in [0.3, 0.4) is 0 Å². The second kappa shape index (κ2) is 8.73. The first-order chi connectivity index (χ1) is 12.6. The third-order valence-corrected chi connectivity index (χ3v) is 4.97. The van der Waals surface area contributed by atoms with Gasteiger partial charge in [-0.1, -0.05) is 35.3 Å². The third-order valence-electron chi connectivity index (χ3n) is 4.41. The fraction of sp³-hybridized carbons (Fsp3) is 0.316. The molecule has 3 rings (SSSR count). The summed E-state index contributed by atoms with van der Waals surface area (Å²) in [5, 5.41) is 16.1. The van der Waals surface area contributed by atoms with E-state index in [9.17, 15) is 4.79 Å². The standard InChI is InChI=1S/C19H21Cl2N3O2/c20-15-4-1-13(2-5-15)18-12-22-7-9-24(18)17-6-3-14(11-16(17)21)19(26)23-8-10-25/h1-6,11,18,22,25H,7-10,12H2,(H,23,26). The van der Waals surface area contributed by atoms with Crippen molar-refractivity contribution in [2.45, 2.75) is 6.04 Å². The Morgan fingerprint density at radius 1 is 1.23 bits per heavy atom. The van der Waals surface area contributed by atoms with E-state index < -0.39 is 0 Å². The van der Waals surface area contributed by atoms with Crippen molar-refractivity contribution in [2.75, 3.05) is 37.7 Å². The number of benzene rings is 2. The number of amides is 1. The van der Waals surface area contributed by atoms with Gasteiger partial charge in [-0.25, -0.2) is 0 Å². The van der Waals surface area contributed by atoms with E-state index in [0.717, 1.165) is 30.9 Å². The van der Waals surface area contributed by atoms with Gasteiger partial charge in [-0.05, 0) is 35.9 Å². The summed E-state index contributed by atoms with van der Waals surface area (Å²) < 4.78 is 0. The number of carbonyl (C=O) groups is 1. The number of aliphatic hydroxyl groups is 1. The summed E-state index contributed by atoms with van der Waals surface area (Å²) in [6.45, 7) is 2.59. The Labute approximate surface area is 162 Å². The predicted octanol–water partition coefficient (Wildman–Crippen LogP) is 2.87. The molecule has 1 aliphatic heterocycles. The molecule has 1 saturated heterocycles. The molecule has 0 bridgehead atoms. The van der Waals surface area contributed by atoms with E-state index in [1.165, 1.54) is 0 Å². The third kappa shape index (κ3) is 4.30. The monoisotopic (exact) mass is 393 g/mol. The molecule has 1 unspecified atom stereocenters. The Bertz CT molecular complexity index is 768. The lowest BCUT2D eigenvalue weighted by Crippen LogP contribution is -2.46. The molecule has 1 atom stereocenters. The zero-order valence-corrected chi connectivity index (χ0v) is 15.7. The molecule has 0 radical (unpaired) electrons. The zero-order chi connectivity index (χ0) is 18.5. The van der Waals surface area contributed by atoms with Gasteiger partial charge in [0, 0.05) is 36.8 Å². The van der Waals surface area contributed by atoms with Gasteiger partial charge in [0.2, 0.25) is 0 Å². The molecular formula is C19H21Cl2N3O2. The maximum atomic E-state index is 12.0. The van der Waals surface area contributed by atoms with Crippen molar-refractivity contribution in [1.82, 2.24) is 10.6 Å². The van der Waals surface area contributed by atoms with Crippen LogP contribution in [0.15, 0.2) is 42.5 Å². The van der Waals surface area contributed by atoms with E-state index in [-0.39, 0.29) is 25.1 Å². The molecular weight excluding hydrogens is 373 g/mol. The second-order valence-electron chi connectivity index (χ2n) is 6.11.